The molecule has 4 rings (SSSR count). The Morgan fingerprint density at radius 3 is 2.54 bits per heavy atom. The van der Waals surface area contributed by atoms with Gasteiger partial charge in [-0.3, -0.25) is 4.79 Å². The first-order chi connectivity index (χ1) is 12.8. The summed E-state index contributed by atoms with van der Waals surface area (Å²) < 4.78 is 7.26. The normalized spacial score (nSPS) is 16.7. The molecule has 2 heterocycles. The van der Waals surface area contributed by atoms with Crippen molar-refractivity contribution < 1.29 is 9.53 Å². The van der Waals surface area contributed by atoms with Crippen molar-refractivity contribution in [1.29, 1.82) is 0 Å². The predicted octanol–water partition coefficient (Wildman–Crippen LogP) is 4.46. The minimum atomic E-state index is 0.0947. The Bertz CT molecular complexity index is 885. The van der Waals surface area contributed by atoms with Crippen LogP contribution >= 0.6 is 0 Å². The zero-order chi connectivity index (χ0) is 17.9. The standard InChI is InChI=1S/C22H22N2O2/c1-26-20-11-9-17(10-12-20)21-8-5-15-24(21)22(25)18-6-4-7-19(16-18)23-13-2-3-14-23/h2-4,6-7,9-14,16,21H,5,8,15H2,1H3. The van der Waals surface area contributed by atoms with Crippen LogP contribution in [0.25, 0.3) is 5.69 Å². The molecule has 132 valence electrons. The lowest BCUT2D eigenvalue weighted by atomic mass is 10.0. The maximum absolute atomic E-state index is 13.2. The second kappa shape index (κ2) is 7.08. The van der Waals surface area contributed by atoms with E-state index in [9.17, 15) is 4.79 Å². The van der Waals surface area contributed by atoms with Gasteiger partial charge in [-0.2, -0.15) is 0 Å². The molecule has 4 heteroatoms. The number of methoxy groups -OCH3 is 1. The van der Waals surface area contributed by atoms with E-state index in [1.54, 1.807) is 7.11 Å². The maximum atomic E-state index is 13.2. The van der Waals surface area contributed by atoms with Gasteiger partial charge >= 0.3 is 0 Å². The first-order valence-electron chi connectivity index (χ1n) is 8.94. The van der Waals surface area contributed by atoms with Crippen molar-refractivity contribution in [3.63, 3.8) is 0 Å². The van der Waals surface area contributed by atoms with Gasteiger partial charge in [-0.1, -0.05) is 18.2 Å². The number of likely N-dealkylation sites (tertiary alicyclic amines) is 1. The Kier molecular flexibility index (Phi) is 4.48. The van der Waals surface area contributed by atoms with E-state index in [1.165, 1.54) is 5.56 Å². The van der Waals surface area contributed by atoms with E-state index in [2.05, 4.69) is 12.1 Å². The van der Waals surface area contributed by atoms with Crippen molar-refractivity contribution in [2.75, 3.05) is 13.7 Å². The van der Waals surface area contributed by atoms with Gasteiger partial charge in [-0.15, -0.1) is 0 Å². The average molecular weight is 346 g/mol. The van der Waals surface area contributed by atoms with Gasteiger partial charge in [-0.05, 0) is 60.9 Å². The molecule has 0 aliphatic carbocycles. The van der Waals surface area contributed by atoms with E-state index in [-0.39, 0.29) is 11.9 Å². The second-order valence-corrected chi connectivity index (χ2v) is 6.57. The molecule has 0 bridgehead atoms. The van der Waals surface area contributed by atoms with Gasteiger partial charge < -0.3 is 14.2 Å². The number of amides is 1. The quantitative estimate of drug-likeness (QED) is 0.699. The summed E-state index contributed by atoms with van der Waals surface area (Å²) in [5.41, 5.74) is 2.90. The molecular weight excluding hydrogens is 324 g/mol. The van der Waals surface area contributed by atoms with Gasteiger partial charge in [0.2, 0.25) is 0 Å². The molecule has 1 aliphatic rings. The molecule has 4 nitrogen and oxygen atoms in total. The molecule has 0 spiro atoms. The van der Waals surface area contributed by atoms with Crippen LogP contribution in [0.2, 0.25) is 0 Å². The molecule has 3 aromatic rings. The van der Waals surface area contributed by atoms with Gasteiger partial charge in [0, 0.05) is 30.2 Å². The van der Waals surface area contributed by atoms with Crippen LogP contribution in [0.1, 0.15) is 34.8 Å². The molecule has 1 fully saturated rings. The zero-order valence-corrected chi connectivity index (χ0v) is 14.8. The molecule has 0 radical (unpaired) electrons. The molecule has 1 saturated heterocycles. The lowest BCUT2D eigenvalue weighted by Crippen LogP contribution is -2.30. The third kappa shape index (κ3) is 3.10. The third-order valence-electron chi connectivity index (χ3n) is 5.01. The molecule has 1 amide bonds. The van der Waals surface area contributed by atoms with Crippen molar-refractivity contribution in [2.24, 2.45) is 0 Å². The number of carbonyl (C=O) groups is 1. The smallest absolute Gasteiger partial charge is 0.254 e. The van der Waals surface area contributed by atoms with Crippen LogP contribution in [-0.2, 0) is 0 Å². The average Bonchev–Trinajstić information content (AvgIpc) is 3.39. The lowest BCUT2D eigenvalue weighted by molar-refractivity contribution is 0.0735. The summed E-state index contributed by atoms with van der Waals surface area (Å²) in [6, 6.07) is 20.0. The molecule has 0 N–H and O–H groups in total. The molecule has 0 saturated carbocycles. The second-order valence-electron chi connectivity index (χ2n) is 6.57. The molecule has 1 unspecified atom stereocenters. The Morgan fingerprint density at radius 2 is 1.81 bits per heavy atom. The van der Waals surface area contributed by atoms with Crippen LogP contribution in [0.3, 0.4) is 0 Å². The largest absolute Gasteiger partial charge is 0.497 e. The fourth-order valence-corrected chi connectivity index (χ4v) is 3.65. The highest BCUT2D eigenvalue weighted by atomic mass is 16.5. The van der Waals surface area contributed by atoms with Crippen LogP contribution in [-0.4, -0.2) is 29.0 Å². The molecule has 26 heavy (non-hydrogen) atoms. The van der Waals surface area contributed by atoms with E-state index >= 15 is 0 Å². The van der Waals surface area contributed by atoms with Crippen LogP contribution < -0.4 is 4.74 Å². The van der Waals surface area contributed by atoms with Crippen LogP contribution in [0.15, 0.2) is 73.1 Å². The summed E-state index contributed by atoms with van der Waals surface area (Å²) in [4.78, 5) is 15.2. The summed E-state index contributed by atoms with van der Waals surface area (Å²) >= 11 is 0. The van der Waals surface area contributed by atoms with E-state index in [1.807, 2.05) is 70.4 Å². The fourth-order valence-electron chi connectivity index (χ4n) is 3.65. The highest BCUT2D eigenvalue weighted by Crippen LogP contribution is 2.34. The number of nitrogens with zero attached hydrogens (tertiary/aromatic N) is 2. The zero-order valence-electron chi connectivity index (χ0n) is 14.8. The minimum Gasteiger partial charge on any atom is -0.497 e. The molecule has 1 aliphatic heterocycles. The lowest BCUT2D eigenvalue weighted by Gasteiger charge is -2.25. The molecule has 2 aromatic carbocycles. The summed E-state index contributed by atoms with van der Waals surface area (Å²) in [5, 5.41) is 0. The summed E-state index contributed by atoms with van der Waals surface area (Å²) in [7, 11) is 1.66. The number of carbonyl (C=O) groups excluding carboxylic acids is 1. The Morgan fingerprint density at radius 1 is 1.04 bits per heavy atom. The van der Waals surface area contributed by atoms with E-state index in [0.29, 0.717) is 0 Å². The Hall–Kier alpha value is -3.01. The van der Waals surface area contributed by atoms with Crippen LogP contribution in [0.5, 0.6) is 5.75 Å². The Labute approximate surface area is 153 Å². The summed E-state index contributed by atoms with van der Waals surface area (Å²) in [6.45, 7) is 0.795. The number of benzene rings is 2. The minimum absolute atomic E-state index is 0.0947. The van der Waals surface area contributed by atoms with Crippen LogP contribution in [0, 0.1) is 0 Å². The van der Waals surface area contributed by atoms with Crippen molar-refractivity contribution in [2.45, 2.75) is 18.9 Å². The molecule has 1 aromatic heterocycles. The first kappa shape index (κ1) is 16.5. The van der Waals surface area contributed by atoms with E-state index in [0.717, 1.165) is 36.4 Å². The van der Waals surface area contributed by atoms with Crippen molar-refractivity contribution in [3.05, 3.63) is 84.2 Å². The topological polar surface area (TPSA) is 34.5 Å². The number of hydrogen-bond donors (Lipinski definition) is 0. The van der Waals surface area contributed by atoms with Gasteiger partial charge in [0.1, 0.15) is 5.75 Å². The monoisotopic (exact) mass is 346 g/mol. The van der Waals surface area contributed by atoms with Gasteiger partial charge in [0.15, 0.2) is 0 Å². The SMILES string of the molecule is COc1ccc(C2CCCN2C(=O)c2cccc(-n3cccc3)c2)cc1. The third-order valence-corrected chi connectivity index (χ3v) is 5.01. The first-order valence-corrected chi connectivity index (χ1v) is 8.94. The maximum Gasteiger partial charge on any atom is 0.254 e. The van der Waals surface area contributed by atoms with Crippen molar-refractivity contribution >= 4 is 5.91 Å². The van der Waals surface area contributed by atoms with Crippen LogP contribution in [0.4, 0.5) is 0 Å². The Balaban J connectivity index is 1.59. The van der Waals surface area contributed by atoms with E-state index in [4.69, 9.17) is 4.74 Å². The molecular formula is C22H22N2O2. The highest BCUT2D eigenvalue weighted by Gasteiger charge is 2.30. The molecule has 1 atom stereocenters. The van der Waals surface area contributed by atoms with Gasteiger partial charge in [-0.25, -0.2) is 0 Å². The van der Waals surface area contributed by atoms with Gasteiger partial charge in [0.25, 0.3) is 5.91 Å². The number of rotatable bonds is 4. The van der Waals surface area contributed by atoms with E-state index < -0.39 is 0 Å². The fraction of sp³-hybridized carbons (Fsp3) is 0.227. The number of hydrogen-bond acceptors (Lipinski definition) is 2. The predicted molar refractivity (Wildman–Crippen MR) is 102 cm³/mol. The number of aromatic nitrogens is 1. The summed E-state index contributed by atoms with van der Waals surface area (Å²) in [6.07, 6.45) is 5.99. The highest BCUT2D eigenvalue weighted by molar-refractivity contribution is 5.95. The number of ether oxygens (including phenoxy) is 1. The summed E-state index contributed by atoms with van der Waals surface area (Å²) in [5.74, 6) is 0.932. The van der Waals surface area contributed by atoms with Crippen molar-refractivity contribution in [1.82, 2.24) is 9.47 Å². The van der Waals surface area contributed by atoms with Gasteiger partial charge in [0.05, 0.1) is 13.2 Å². The van der Waals surface area contributed by atoms with Crippen molar-refractivity contribution in [3.8, 4) is 11.4 Å².